The van der Waals surface area contributed by atoms with E-state index < -0.39 is 0 Å². The Bertz CT molecular complexity index is 30.0. The molecular formula is C3H5NaO2. The molecule has 0 rings (SSSR count). The van der Waals surface area contributed by atoms with E-state index >= 15 is 0 Å². The summed E-state index contributed by atoms with van der Waals surface area (Å²) < 4.78 is 0. The average Bonchev–Trinajstić information content (AvgIpc) is 1.41. The van der Waals surface area contributed by atoms with Crippen molar-refractivity contribution in [2.45, 2.75) is 0 Å². The van der Waals surface area contributed by atoms with Gasteiger partial charge >= 0.3 is 29.6 Å². The molecule has 0 unspecified atom stereocenters. The monoisotopic (exact) mass is 96.0 g/mol. The maximum atomic E-state index is 8.96. The van der Waals surface area contributed by atoms with Crippen LogP contribution in [0.1, 0.15) is 0 Å². The summed E-state index contributed by atoms with van der Waals surface area (Å²) in [5.74, 6) is 0. The Hall–Kier alpha value is 0.660. The molecule has 0 saturated carbocycles. The first-order valence-corrected chi connectivity index (χ1v) is 1.27. The van der Waals surface area contributed by atoms with E-state index in [1.165, 1.54) is 6.08 Å². The number of rotatable bonds is 2. The predicted octanol–water partition coefficient (Wildman–Crippen LogP) is -3.53. The molecule has 0 aliphatic heterocycles. The second-order valence-corrected chi connectivity index (χ2v) is 0.573. The first kappa shape index (κ1) is 9.83. The Morgan fingerprint density at radius 3 is 2.33 bits per heavy atom. The summed E-state index contributed by atoms with van der Waals surface area (Å²) in [6.07, 6.45) is 1.40. The summed E-state index contributed by atoms with van der Waals surface area (Å²) in [7, 11) is 0. The molecule has 0 aliphatic carbocycles. The van der Waals surface area contributed by atoms with Gasteiger partial charge in [0.1, 0.15) is 0 Å². The zero-order valence-electron chi connectivity index (χ0n) is 3.81. The van der Waals surface area contributed by atoms with Crippen molar-refractivity contribution in [3.8, 4) is 0 Å². The fourth-order valence-electron chi connectivity index (χ4n) is 0.0481. The van der Waals surface area contributed by atoms with E-state index in [9.17, 15) is 0 Å². The van der Waals surface area contributed by atoms with Gasteiger partial charge in [-0.25, -0.2) is 0 Å². The van der Waals surface area contributed by atoms with Crippen molar-refractivity contribution >= 4 is 0 Å². The molecule has 2 nitrogen and oxygen atoms in total. The van der Waals surface area contributed by atoms with Gasteiger partial charge in [-0.2, -0.15) is 0 Å². The van der Waals surface area contributed by atoms with Gasteiger partial charge in [-0.1, -0.05) is 6.08 Å². The van der Waals surface area contributed by atoms with Gasteiger partial charge in [-0.3, -0.25) is 0 Å². The zero-order chi connectivity index (χ0) is 4.12. The van der Waals surface area contributed by atoms with Crippen LogP contribution < -0.4 is 34.8 Å². The largest absolute Gasteiger partial charge is 1.00 e. The van der Waals surface area contributed by atoms with Crippen LogP contribution in [0.3, 0.4) is 0 Å². The molecule has 0 N–H and O–H groups in total. The third-order valence-electron chi connectivity index (χ3n) is 0.186. The van der Waals surface area contributed by atoms with Crippen LogP contribution in [0.2, 0.25) is 0 Å². The van der Waals surface area contributed by atoms with Crippen molar-refractivity contribution in [3.63, 3.8) is 0 Å². The van der Waals surface area contributed by atoms with E-state index in [4.69, 9.17) is 5.26 Å². The van der Waals surface area contributed by atoms with Gasteiger partial charge in [0.15, 0.2) is 0 Å². The quantitative estimate of drug-likeness (QED) is 0.154. The SMILES string of the molecule is C=CCO[O-].[Na+]. The third kappa shape index (κ3) is 8.82. The van der Waals surface area contributed by atoms with E-state index in [-0.39, 0.29) is 36.2 Å². The smallest absolute Gasteiger partial charge is 0.723 e. The molecule has 0 radical (unpaired) electrons. The van der Waals surface area contributed by atoms with Crippen molar-refractivity contribution in [2.75, 3.05) is 6.61 Å². The fraction of sp³-hybridized carbons (Fsp3) is 0.333. The van der Waals surface area contributed by atoms with Gasteiger partial charge in [0, 0.05) is 0 Å². The number of hydrogen-bond donors (Lipinski definition) is 0. The Morgan fingerprint density at radius 2 is 2.33 bits per heavy atom. The van der Waals surface area contributed by atoms with Crippen LogP contribution >= 0.6 is 0 Å². The average molecular weight is 96.1 g/mol. The van der Waals surface area contributed by atoms with E-state index in [0.29, 0.717) is 0 Å². The van der Waals surface area contributed by atoms with Crippen molar-refractivity contribution in [2.24, 2.45) is 0 Å². The summed E-state index contributed by atoms with van der Waals surface area (Å²) in [5, 5.41) is 8.96. The molecule has 30 valence electrons. The van der Waals surface area contributed by atoms with Crippen LogP contribution in [-0.2, 0) is 4.89 Å². The van der Waals surface area contributed by atoms with Gasteiger partial charge in [-0.15, -0.1) is 6.58 Å². The van der Waals surface area contributed by atoms with Crippen molar-refractivity contribution in [1.82, 2.24) is 0 Å². The van der Waals surface area contributed by atoms with Crippen LogP contribution in [0.4, 0.5) is 0 Å². The van der Waals surface area contributed by atoms with E-state index in [1.54, 1.807) is 0 Å². The van der Waals surface area contributed by atoms with Gasteiger partial charge in [-0.05, 0) is 0 Å². The first-order valence-electron chi connectivity index (χ1n) is 1.27. The Morgan fingerprint density at radius 1 is 1.83 bits per heavy atom. The molecule has 0 saturated heterocycles. The fourth-order valence-corrected chi connectivity index (χ4v) is 0.0481. The molecule has 0 aliphatic rings. The normalized spacial score (nSPS) is 6.17. The van der Waals surface area contributed by atoms with Crippen LogP contribution in [0.25, 0.3) is 0 Å². The summed E-state index contributed by atoms with van der Waals surface area (Å²) in [6.45, 7) is 3.32. The molecule has 3 heteroatoms. The maximum Gasteiger partial charge on any atom is 1.00 e. The Kier molecular flexibility index (Phi) is 15.0. The summed E-state index contributed by atoms with van der Waals surface area (Å²) in [5.41, 5.74) is 0. The van der Waals surface area contributed by atoms with E-state index in [2.05, 4.69) is 11.5 Å². The molecule has 0 heterocycles. The Balaban J connectivity index is 0. The minimum absolute atomic E-state index is 0. The predicted molar refractivity (Wildman–Crippen MR) is 16.1 cm³/mol. The van der Waals surface area contributed by atoms with Crippen LogP contribution in [0, 0.1) is 0 Å². The summed E-state index contributed by atoms with van der Waals surface area (Å²) in [4.78, 5) is 3.32. The molecule has 0 aromatic carbocycles. The molecular weight excluding hydrogens is 91.0 g/mol. The molecule has 0 atom stereocenters. The molecule has 0 spiro atoms. The Labute approximate surface area is 59.0 Å². The van der Waals surface area contributed by atoms with Gasteiger partial charge in [0.25, 0.3) is 0 Å². The van der Waals surface area contributed by atoms with Crippen molar-refractivity contribution in [3.05, 3.63) is 12.7 Å². The van der Waals surface area contributed by atoms with E-state index in [1.807, 2.05) is 0 Å². The van der Waals surface area contributed by atoms with E-state index in [0.717, 1.165) is 0 Å². The second kappa shape index (κ2) is 9.18. The molecule has 0 amide bonds. The van der Waals surface area contributed by atoms with Crippen molar-refractivity contribution < 1.29 is 39.7 Å². The topological polar surface area (TPSA) is 32.3 Å². The van der Waals surface area contributed by atoms with Gasteiger partial charge < -0.3 is 10.1 Å². The maximum absolute atomic E-state index is 8.96. The van der Waals surface area contributed by atoms with Crippen LogP contribution in [0.5, 0.6) is 0 Å². The molecule has 0 aromatic heterocycles. The standard InChI is InChI=1S/C3H6O2.Na/c1-2-3-5-4;/h2,4H,1,3H2;/q;+1/p-1. The first-order chi connectivity index (χ1) is 2.41. The third-order valence-corrected chi connectivity index (χ3v) is 0.186. The minimum Gasteiger partial charge on any atom is -0.723 e. The number of hydrogen-bond acceptors (Lipinski definition) is 2. The molecule has 0 aromatic rings. The van der Waals surface area contributed by atoms with Crippen LogP contribution in [0.15, 0.2) is 12.7 Å². The molecule has 0 fully saturated rings. The molecule has 0 bridgehead atoms. The van der Waals surface area contributed by atoms with Crippen molar-refractivity contribution in [1.29, 1.82) is 0 Å². The van der Waals surface area contributed by atoms with Gasteiger partial charge in [0.2, 0.25) is 0 Å². The minimum atomic E-state index is 0. The van der Waals surface area contributed by atoms with Gasteiger partial charge in [0.05, 0.1) is 6.61 Å². The zero-order valence-corrected chi connectivity index (χ0v) is 5.81. The summed E-state index contributed by atoms with van der Waals surface area (Å²) in [6, 6.07) is 0. The summed E-state index contributed by atoms with van der Waals surface area (Å²) >= 11 is 0. The second-order valence-electron chi connectivity index (χ2n) is 0.573. The van der Waals surface area contributed by atoms with Crippen LogP contribution in [-0.4, -0.2) is 6.61 Å². The molecule has 6 heavy (non-hydrogen) atoms.